The molecule has 0 unspecified atom stereocenters. The fourth-order valence-corrected chi connectivity index (χ4v) is 3.17. The molecule has 7 heteroatoms. The second kappa shape index (κ2) is 6.91. The molecule has 0 aliphatic heterocycles. The summed E-state index contributed by atoms with van der Waals surface area (Å²) in [6.07, 6.45) is 0. The lowest BCUT2D eigenvalue weighted by Crippen LogP contribution is -2.31. The highest BCUT2D eigenvalue weighted by Crippen LogP contribution is 2.23. The summed E-state index contributed by atoms with van der Waals surface area (Å²) in [5, 5.41) is 12.1. The molecule has 0 amide bonds. The van der Waals surface area contributed by atoms with E-state index >= 15 is 0 Å². The van der Waals surface area contributed by atoms with Gasteiger partial charge in [-0.1, -0.05) is 13.8 Å². The molecule has 0 saturated heterocycles. The summed E-state index contributed by atoms with van der Waals surface area (Å²) in [5.41, 5.74) is 0.344. The highest BCUT2D eigenvalue weighted by Gasteiger charge is 2.21. The zero-order chi connectivity index (χ0) is 16.2. The second-order valence-corrected chi connectivity index (χ2v) is 7.25. The predicted molar refractivity (Wildman–Crippen MR) is 82.2 cm³/mol. The third-order valence-electron chi connectivity index (χ3n) is 2.61. The molecule has 1 aromatic carbocycles. The Hall–Kier alpha value is -1.60. The lowest BCUT2D eigenvalue weighted by Gasteiger charge is -2.16. The standard InChI is InChI=1S/C14H22N2O4S/c1-9(2)8-15-12-6-5-11(14(17)18)7-13(12)21(19,20)16-10(3)4/h5-7,9-10,15-16H,8H2,1-4H3,(H,17,18). The van der Waals surface area contributed by atoms with Gasteiger partial charge in [-0.25, -0.2) is 17.9 Å². The van der Waals surface area contributed by atoms with Gasteiger partial charge in [-0.3, -0.25) is 0 Å². The number of anilines is 1. The zero-order valence-corrected chi connectivity index (χ0v) is 13.5. The van der Waals surface area contributed by atoms with Crippen molar-refractivity contribution in [1.29, 1.82) is 0 Å². The van der Waals surface area contributed by atoms with Crippen molar-refractivity contribution < 1.29 is 18.3 Å². The summed E-state index contributed by atoms with van der Waals surface area (Å²) in [6, 6.07) is 3.77. The van der Waals surface area contributed by atoms with Gasteiger partial charge in [0.15, 0.2) is 0 Å². The van der Waals surface area contributed by atoms with Gasteiger partial charge < -0.3 is 10.4 Å². The molecule has 1 aromatic rings. The summed E-state index contributed by atoms with van der Waals surface area (Å²) in [7, 11) is -3.77. The Morgan fingerprint density at radius 1 is 1.24 bits per heavy atom. The van der Waals surface area contributed by atoms with Crippen LogP contribution in [-0.2, 0) is 10.0 Å². The van der Waals surface area contributed by atoms with Crippen LogP contribution >= 0.6 is 0 Å². The van der Waals surface area contributed by atoms with Crippen LogP contribution in [0.2, 0.25) is 0 Å². The maximum atomic E-state index is 12.3. The van der Waals surface area contributed by atoms with Crippen LogP contribution in [-0.4, -0.2) is 32.1 Å². The van der Waals surface area contributed by atoms with Gasteiger partial charge in [0.1, 0.15) is 4.90 Å². The van der Waals surface area contributed by atoms with Gasteiger partial charge in [0.2, 0.25) is 10.0 Å². The van der Waals surface area contributed by atoms with Crippen molar-refractivity contribution in [2.45, 2.75) is 38.6 Å². The lowest BCUT2D eigenvalue weighted by atomic mass is 10.2. The minimum absolute atomic E-state index is 0.0447. The molecule has 3 N–H and O–H groups in total. The second-order valence-electron chi connectivity index (χ2n) is 5.57. The number of aromatic carboxylic acids is 1. The Bertz CT molecular complexity index is 609. The van der Waals surface area contributed by atoms with Gasteiger partial charge in [-0.15, -0.1) is 0 Å². The van der Waals surface area contributed by atoms with Crippen LogP contribution in [0.5, 0.6) is 0 Å². The van der Waals surface area contributed by atoms with Crippen molar-refractivity contribution in [3.63, 3.8) is 0 Å². The molecule has 0 bridgehead atoms. The van der Waals surface area contributed by atoms with E-state index in [9.17, 15) is 13.2 Å². The molecular formula is C14H22N2O4S. The maximum Gasteiger partial charge on any atom is 0.335 e. The number of nitrogens with one attached hydrogen (secondary N) is 2. The van der Waals surface area contributed by atoms with Crippen molar-refractivity contribution in [3.05, 3.63) is 23.8 Å². The Morgan fingerprint density at radius 3 is 2.33 bits per heavy atom. The molecule has 21 heavy (non-hydrogen) atoms. The monoisotopic (exact) mass is 314 g/mol. The lowest BCUT2D eigenvalue weighted by molar-refractivity contribution is 0.0696. The first-order valence-electron chi connectivity index (χ1n) is 6.77. The van der Waals surface area contributed by atoms with Crippen LogP contribution in [0.1, 0.15) is 38.1 Å². The number of carboxylic acids is 1. The first-order valence-corrected chi connectivity index (χ1v) is 8.25. The van der Waals surface area contributed by atoms with Crippen LogP contribution < -0.4 is 10.0 Å². The van der Waals surface area contributed by atoms with Crippen LogP contribution in [0, 0.1) is 5.92 Å². The van der Waals surface area contributed by atoms with Gasteiger partial charge in [-0.2, -0.15) is 0 Å². The van der Waals surface area contributed by atoms with E-state index in [1.54, 1.807) is 13.8 Å². The van der Waals surface area contributed by atoms with Crippen molar-refractivity contribution in [2.24, 2.45) is 5.92 Å². The number of carboxylic acid groups (broad SMARTS) is 1. The summed E-state index contributed by atoms with van der Waals surface area (Å²) >= 11 is 0. The Labute approximate surface area is 125 Å². The molecule has 118 valence electrons. The third kappa shape index (κ3) is 5.02. The van der Waals surface area contributed by atoms with Gasteiger partial charge in [-0.05, 0) is 38.0 Å². The number of hydrogen-bond acceptors (Lipinski definition) is 4. The van der Waals surface area contributed by atoms with E-state index in [1.165, 1.54) is 18.2 Å². The summed E-state index contributed by atoms with van der Waals surface area (Å²) in [4.78, 5) is 11.0. The zero-order valence-electron chi connectivity index (χ0n) is 12.7. The van der Waals surface area contributed by atoms with Crippen LogP contribution in [0.25, 0.3) is 0 Å². The quantitative estimate of drug-likeness (QED) is 0.716. The first kappa shape index (κ1) is 17.5. The highest BCUT2D eigenvalue weighted by molar-refractivity contribution is 7.89. The fraction of sp³-hybridized carbons (Fsp3) is 0.500. The predicted octanol–water partition coefficient (Wildman–Crippen LogP) is 2.14. The smallest absolute Gasteiger partial charge is 0.335 e. The van der Waals surface area contributed by atoms with Gasteiger partial charge in [0, 0.05) is 12.6 Å². The number of rotatable bonds is 7. The van der Waals surface area contributed by atoms with Crippen molar-refractivity contribution >= 4 is 21.7 Å². The van der Waals surface area contributed by atoms with Gasteiger partial charge in [0.05, 0.1) is 11.3 Å². The Kier molecular flexibility index (Phi) is 5.74. The van der Waals surface area contributed by atoms with Crippen molar-refractivity contribution in [3.8, 4) is 0 Å². The van der Waals surface area contributed by atoms with E-state index in [0.29, 0.717) is 18.2 Å². The molecule has 0 aliphatic carbocycles. The fourth-order valence-electron chi connectivity index (χ4n) is 1.71. The number of benzene rings is 1. The minimum atomic E-state index is -3.77. The van der Waals surface area contributed by atoms with E-state index in [-0.39, 0.29) is 16.5 Å². The van der Waals surface area contributed by atoms with E-state index in [0.717, 1.165) is 0 Å². The minimum Gasteiger partial charge on any atom is -0.478 e. The molecule has 0 fully saturated rings. The van der Waals surface area contributed by atoms with Crippen molar-refractivity contribution in [2.75, 3.05) is 11.9 Å². The first-order chi connectivity index (χ1) is 9.63. The van der Waals surface area contributed by atoms with Gasteiger partial charge in [0.25, 0.3) is 0 Å². The molecule has 0 atom stereocenters. The largest absolute Gasteiger partial charge is 0.478 e. The van der Waals surface area contributed by atoms with Crippen LogP contribution in [0.4, 0.5) is 5.69 Å². The van der Waals surface area contributed by atoms with E-state index in [1.807, 2.05) is 13.8 Å². The van der Waals surface area contributed by atoms with E-state index in [2.05, 4.69) is 10.0 Å². The van der Waals surface area contributed by atoms with E-state index in [4.69, 9.17) is 5.11 Å². The van der Waals surface area contributed by atoms with Crippen molar-refractivity contribution in [1.82, 2.24) is 4.72 Å². The summed E-state index contributed by atoms with van der Waals surface area (Å²) in [5.74, 6) is -0.829. The molecule has 0 saturated carbocycles. The van der Waals surface area contributed by atoms with Gasteiger partial charge >= 0.3 is 5.97 Å². The Morgan fingerprint density at radius 2 is 1.86 bits per heavy atom. The topological polar surface area (TPSA) is 95.5 Å². The maximum absolute atomic E-state index is 12.3. The summed E-state index contributed by atoms with van der Waals surface area (Å²) < 4.78 is 27.1. The molecule has 6 nitrogen and oxygen atoms in total. The molecule has 0 aliphatic rings. The third-order valence-corrected chi connectivity index (χ3v) is 4.31. The number of sulfonamides is 1. The number of hydrogen-bond donors (Lipinski definition) is 3. The molecular weight excluding hydrogens is 292 g/mol. The molecule has 0 radical (unpaired) electrons. The van der Waals surface area contributed by atoms with E-state index < -0.39 is 16.0 Å². The molecule has 1 rings (SSSR count). The highest BCUT2D eigenvalue weighted by atomic mass is 32.2. The molecule has 0 aromatic heterocycles. The average Bonchev–Trinajstić information content (AvgIpc) is 2.34. The average molecular weight is 314 g/mol. The SMILES string of the molecule is CC(C)CNc1ccc(C(=O)O)cc1S(=O)(=O)NC(C)C. The van der Waals surface area contributed by atoms with Crippen LogP contribution in [0.15, 0.2) is 23.1 Å². The molecule has 0 spiro atoms. The summed E-state index contributed by atoms with van der Waals surface area (Å²) in [6.45, 7) is 8.01. The normalized spacial score (nSPS) is 11.9. The number of carbonyl (C=O) groups is 1. The van der Waals surface area contributed by atoms with Crippen LogP contribution in [0.3, 0.4) is 0 Å². The Balaban J connectivity index is 3.28. The molecule has 0 heterocycles.